The largest absolute Gasteiger partial charge is 0.309 e. The molecule has 3 aromatic rings. The summed E-state index contributed by atoms with van der Waals surface area (Å²) in [5.41, 5.74) is 2.90. The molecular formula is C17H13N3O2. The molecule has 5 heteroatoms. The smallest absolute Gasteiger partial charge is 0.228 e. The van der Waals surface area contributed by atoms with Gasteiger partial charge >= 0.3 is 0 Å². The van der Waals surface area contributed by atoms with Gasteiger partial charge in [-0.15, -0.1) is 0 Å². The average molecular weight is 291 g/mol. The summed E-state index contributed by atoms with van der Waals surface area (Å²) < 4.78 is 1.97. The highest BCUT2D eigenvalue weighted by molar-refractivity contribution is 6.10. The molecule has 0 radical (unpaired) electrons. The monoisotopic (exact) mass is 291 g/mol. The van der Waals surface area contributed by atoms with Crippen molar-refractivity contribution in [3.05, 3.63) is 59.7 Å². The Labute approximate surface area is 126 Å². The van der Waals surface area contributed by atoms with Crippen LogP contribution in [0, 0.1) is 0 Å². The van der Waals surface area contributed by atoms with Gasteiger partial charge in [0.25, 0.3) is 0 Å². The number of fused-ring (bicyclic) bond motifs is 3. The van der Waals surface area contributed by atoms with E-state index in [1.54, 1.807) is 18.2 Å². The summed E-state index contributed by atoms with van der Waals surface area (Å²) in [7, 11) is 0. The zero-order chi connectivity index (χ0) is 15.1. The number of hydrogen-bond donors (Lipinski definition) is 1. The van der Waals surface area contributed by atoms with Gasteiger partial charge in [0.15, 0.2) is 5.78 Å². The first-order chi connectivity index (χ1) is 10.7. The maximum atomic E-state index is 12.5. The summed E-state index contributed by atoms with van der Waals surface area (Å²) in [4.78, 5) is 28.3. The number of carbonyl (C=O) groups is 2. The molecule has 1 N–H and O–H groups in total. The molecule has 0 bridgehead atoms. The first kappa shape index (κ1) is 12.8. The van der Waals surface area contributed by atoms with Crippen molar-refractivity contribution in [2.45, 2.75) is 13.0 Å². The molecule has 0 aliphatic carbocycles. The number of nitrogens with one attached hydrogen (secondary N) is 1. The van der Waals surface area contributed by atoms with Crippen molar-refractivity contribution in [1.82, 2.24) is 9.55 Å². The van der Waals surface area contributed by atoms with Gasteiger partial charge in [-0.3, -0.25) is 14.9 Å². The van der Waals surface area contributed by atoms with E-state index in [4.69, 9.17) is 0 Å². The molecule has 2 heterocycles. The Morgan fingerprint density at radius 2 is 1.91 bits per heavy atom. The van der Waals surface area contributed by atoms with Gasteiger partial charge in [-0.25, -0.2) is 4.98 Å². The van der Waals surface area contributed by atoms with Crippen molar-refractivity contribution < 1.29 is 9.59 Å². The Bertz CT molecular complexity index is 897. The molecule has 0 saturated heterocycles. The zero-order valence-electron chi connectivity index (χ0n) is 11.7. The van der Waals surface area contributed by atoms with Gasteiger partial charge in [0.2, 0.25) is 11.9 Å². The van der Waals surface area contributed by atoms with Gasteiger partial charge in [0.1, 0.15) is 0 Å². The Balaban J connectivity index is 1.79. The topological polar surface area (TPSA) is 64.0 Å². The van der Waals surface area contributed by atoms with Gasteiger partial charge in [-0.1, -0.05) is 30.3 Å². The molecule has 1 aliphatic heterocycles. The molecule has 22 heavy (non-hydrogen) atoms. The van der Waals surface area contributed by atoms with Crippen LogP contribution in [0.25, 0.3) is 11.0 Å². The number of anilines is 1. The van der Waals surface area contributed by atoms with Crippen molar-refractivity contribution in [2.24, 2.45) is 0 Å². The second kappa shape index (κ2) is 4.80. The number of imidazole rings is 1. The fourth-order valence-electron chi connectivity index (χ4n) is 2.75. The van der Waals surface area contributed by atoms with Crippen molar-refractivity contribution in [1.29, 1.82) is 0 Å². The second-order valence-corrected chi connectivity index (χ2v) is 5.28. The Hall–Kier alpha value is -2.95. The molecule has 0 saturated carbocycles. The first-order valence-electron chi connectivity index (χ1n) is 7.12. The highest BCUT2D eigenvalue weighted by Crippen LogP contribution is 2.25. The SMILES string of the molecule is O=C1CCn2c(nc3cc(C(=O)c4ccccc4)ccc32)N1. The predicted octanol–water partition coefficient (Wildman–Crippen LogP) is 2.61. The number of carbonyl (C=O) groups excluding carboxylic acids is 2. The normalized spacial score (nSPS) is 13.7. The number of rotatable bonds is 2. The lowest BCUT2D eigenvalue weighted by Crippen LogP contribution is -2.23. The molecule has 4 rings (SSSR count). The molecule has 1 aromatic heterocycles. The summed E-state index contributed by atoms with van der Waals surface area (Å²) >= 11 is 0. The molecule has 1 amide bonds. The van der Waals surface area contributed by atoms with Gasteiger partial charge in [0.05, 0.1) is 11.0 Å². The minimum Gasteiger partial charge on any atom is -0.309 e. The third kappa shape index (κ3) is 1.98. The van der Waals surface area contributed by atoms with E-state index in [2.05, 4.69) is 10.3 Å². The minimum absolute atomic E-state index is 0.0246. The molecule has 2 aromatic carbocycles. The fourth-order valence-corrected chi connectivity index (χ4v) is 2.75. The van der Waals surface area contributed by atoms with Gasteiger partial charge in [0, 0.05) is 24.1 Å². The highest BCUT2D eigenvalue weighted by Gasteiger charge is 2.19. The van der Waals surface area contributed by atoms with E-state index in [1.807, 2.05) is 34.9 Å². The van der Waals surface area contributed by atoms with Crippen LogP contribution < -0.4 is 5.32 Å². The van der Waals surface area contributed by atoms with Crippen LogP contribution in [0.1, 0.15) is 22.3 Å². The number of hydrogen-bond acceptors (Lipinski definition) is 3. The Morgan fingerprint density at radius 1 is 1.09 bits per heavy atom. The average Bonchev–Trinajstić information content (AvgIpc) is 2.91. The van der Waals surface area contributed by atoms with E-state index in [0.717, 1.165) is 11.0 Å². The van der Waals surface area contributed by atoms with E-state index in [0.29, 0.717) is 30.0 Å². The van der Waals surface area contributed by atoms with Crippen molar-refractivity contribution in [3.8, 4) is 0 Å². The van der Waals surface area contributed by atoms with Crippen molar-refractivity contribution in [3.63, 3.8) is 0 Å². The molecule has 0 atom stereocenters. The standard InChI is InChI=1S/C17H13N3O2/c21-15-8-9-20-14-7-6-12(10-13(14)18-17(20)19-15)16(22)11-4-2-1-3-5-11/h1-7,10H,8-9H2,(H,18,19,21). The van der Waals surface area contributed by atoms with E-state index >= 15 is 0 Å². The van der Waals surface area contributed by atoms with Crippen LogP contribution in [0.2, 0.25) is 0 Å². The third-order valence-corrected chi connectivity index (χ3v) is 3.86. The molecular weight excluding hydrogens is 278 g/mol. The van der Waals surface area contributed by atoms with Crippen LogP contribution >= 0.6 is 0 Å². The molecule has 0 unspecified atom stereocenters. The number of amides is 1. The number of benzene rings is 2. The van der Waals surface area contributed by atoms with Crippen LogP contribution in [-0.2, 0) is 11.3 Å². The Kier molecular flexibility index (Phi) is 2.79. The second-order valence-electron chi connectivity index (χ2n) is 5.28. The summed E-state index contributed by atoms with van der Waals surface area (Å²) in [5.74, 6) is 0.497. The van der Waals surface area contributed by atoms with E-state index in [1.165, 1.54) is 0 Å². The summed E-state index contributed by atoms with van der Waals surface area (Å²) in [5, 5.41) is 2.76. The summed E-state index contributed by atoms with van der Waals surface area (Å²) in [6.45, 7) is 0.615. The highest BCUT2D eigenvalue weighted by atomic mass is 16.2. The van der Waals surface area contributed by atoms with Crippen LogP contribution in [-0.4, -0.2) is 21.2 Å². The lowest BCUT2D eigenvalue weighted by molar-refractivity contribution is -0.116. The number of aryl methyl sites for hydroxylation is 1. The molecule has 1 aliphatic rings. The van der Waals surface area contributed by atoms with Gasteiger partial charge in [-0.05, 0) is 18.2 Å². The van der Waals surface area contributed by atoms with E-state index in [-0.39, 0.29) is 11.7 Å². The molecule has 0 spiro atoms. The fraction of sp³-hybridized carbons (Fsp3) is 0.118. The molecule has 0 fully saturated rings. The van der Waals surface area contributed by atoms with E-state index in [9.17, 15) is 9.59 Å². The predicted molar refractivity (Wildman–Crippen MR) is 82.9 cm³/mol. The van der Waals surface area contributed by atoms with Gasteiger partial charge in [-0.2, -0.15) is 0 Å². The molecule has 108 valence electrons. The first-order valence-corrected chi connectivity index (χ1v) is 7.12. The molecule has 5 nitrogen and oxygen atoms in total. The van der Waals surface area contributed by atoms with Crippen LogP contribution in [0.5, 0.6) is 0 Å². The van der Waals surface area contributed by atoms with Crippen LogP contribution in [0.15, 0.2) is 48.5 Å². The van der Waals surface area contributed by atoms with Gasteiger partial charge < -0.3 is 4.57 Å². The van der Waals surface area contributed by atoms with Crippen molar-refractivity contribution >= 4 is 28.7 Å². The minimum atomic E-state index is -0.0301. The quantitative estimate of drug-likeness (QED) is 0.738. The number of aromatic nitrogens is 2. The Morgan fingerprint density at radius 3 is 2.73 bits per heavy atom. The van der Waals surface area contributed by atoms with E-state index < -0.39 is 0 Å². The zero-order valence-corrected chi connectivity index (χ0v) is 11.7. The summed E-state index contributed by atoms with van der Waals surface area (Å²) in [6.07, 6.45) is 0.448. The third-order valence-electron chi connectivity index (χ3n) is 3.86. The van der Waals surface area contributed by atoms with Crippen LogP contribution in [0.3, 0.4) is 0 Å². The van der Waals surface area contributed by atoms with Crippen molar-refractivity contribution in [2.75, 3.05) is 5.32 Å². The number of nitrogens with zero attached hydrogens (tertiary/aromatic N) is 2. The maximum absolute atomic E-state index is 12.5. The lowest BCUT2D eigenvalue weighted by Gasteiger charge is -2.14. The lowest BCUT2D eigenvalue weighted by atomic mass is 10.0. The summed E-state index contributed by atoms with van der Waals surface area (Å²) in [6, 6.07) is 14.6. The maximum Gasteiger partial charge on any atom is 0.228 e. The number of ketones is 1. The van der Waals surface area contributed by atoms with Crippen LogP contribution in [0.4, 0.5) is 5.95 Å².